The fraction of sp³-hybridized carbons (Fsp3) is 0.259. The highest BCUT2D eigenvalue weighted by atomic mass is 35.5. The Balaban J connectivity index is 1.51. The lowest BCUT2D eigenvalue weighted by atomic mass is 10.1. The zero-order valence-corrected chi connectivity index (χ0v) is 20.8. The molecule has 1 N–H and O–H groups in total. The third kappa shape index (κ3) is 5.52. The van der Waals surface area contributed by atoms with Crippen LogP contribution in [0, 0.1) is 6.92 Å². The van der Waals surface area contributed by atoms with Gasteiger partial charge in [0.2, 0.25) is 0 Å². The fourth-order valence-corrected chi connectivity index (χ4v) is 4.29. The lowest BCUT2D eigenvalue weighted by Gasteiger charge is -2.36. The van der Waals surface area contributed by atoms with Gasteiger partial charge in [0.05, 0.1) is 24.9 Å². The molecule has 1 heterocycles. The van der Waals surface area contributed by atoms with Crippen LogP contribution in [0.3, 0.4) is 0 Å². The van der Waals surface area contributed by atoms with Crippen LogP contribution in [0.25, 0.3) is 0 Å². The Morgan fingerprint density at radius 1 is 1.00 bits per heavy atom. The monoisotopic (exact) mass is 493 g/mol. The molecule has 1 fully saturated rings. The highest BCUT2D eigenvalue weighted by Crippen LogP contribution is 2.36. The Kier molecular flexibility index (Phi) is 7.46. The molecule has 1 aliphatic rings. The number of halogens is 1. The van der Waals surface area contributed by atoms with Gasteiger partial charge < -0.3 is 19.7 Å². The molecule has 8 heteroatoms. The zero-order valence-electron chi connectivity index (χ0n) is 20.0. The van der Waals surface area contributed by atoms with Crippen LogP contribution >= 0.6 is 11.6 Å². The summed E-state index contributed by atoms with van der Waals surface area (Å²) in [5, 5.41) is 3.19. The first-order valence-corrected chi connectivity index (χ1v) is 11.7. The molecule has 0 saturated carbocycles. The van der Waals surface area contributed by atoms with E-state index in [2.05, 4.69) is 17.4 Å². The SMILES string of the molecule is COc1cc(OC)c(NC(=O)c2cccc(N3CCCN(Cc4ccc(C)cc4)C3=O)c2)cc1Cl. The molecule has 0 radical (unpaired) electrons. The number of urea groups is 1. The molecule has 0 aromatic heterocycles. The van der Waals surface area contributed by atoms with E-state index in [1.54, 1.807) is 35.2 Å². The second kappa shape index (κ2) is 10.7. The average Bonchev–Trinajstić information content (AvgIpc) is 2.87. The summed E-state index contributed by atoms with van der Waals surface area (Å²) in [4.78, 5) is 29.9. The van der Waals surface area contributed by atoms with Crippen LogP contribution in [0.15, 0.2) is 60.7 Å². The number of nitrogens with one attached hydrogen (secondary N) is 1. The van der Waals surface area contributed by atoms with E-state index in [0.29, 0.717) is 53.1 Å². The number of benzene rings is 3. The first-order chi connectivity index (χ1) is 16.9. The molecular formula is C27H28ClN3O4. The maximum atomic E-state index is 13.3. The molecule has 0 atom stereocenters. The summed E-state index contributed by atoms with van der Waals surface area (Å²) in [6.07, 6.45) is 0.843. The first-order valence-electron chi connectivity index (χ1n) is 11.3. The predicted octanol–water partition coefficient (Wildman–Crippen LogP) is 5.75. The topological polar surface area (TPSA) is 71.1 Å². The number of anilines is 2. The predicted molar refractivity (Wildman–Crippen MR) is 138 cm³/mol. The van der Waals surface area contributed by atoms with Crippen molar-refractivity contribution in [3.63, 3.8) is 0 Å². The molecule has 3 amide bonds. The zero-order chi connectivity index (χ0) is 24.9. The number of aryl methyl sites for hydroxylation is 1. The smallest absolute Gasteiger partial charge is 0.324 e. The summed E-state index contributed by atoms with van der Waals surface area (Å²) >= 11 is 6.23. The van der Waals surface area contributed by atoms with E-state index >= 15 is 0 Å². The highest BCUT2D eigenvalue weighted by Gasteiger charge is 2.27. The molecule has 4 rings (SSSR count). The lowest BCUT2D eigenvalue weighted by molar-refractivity contribution is 0.102. The highest BCUT2D eigenvalue weighted by molar-refractivity contribution is 6.32. The van der Waals surface area contributed by atoms with E-state index in [-0.39, 0.29) is 11.9 Å². The molecule has 3 aromatic carbocycles. The van der Waals surface area contributed by atoms with Crippen LogP contribution < -0.4 is 19.7 Å². The van der Waals surface area contributed by atoms with Crippen molar-refractivity contribution in [2.45, 2.75) is 19.9 Å². The second-order valence-corrected chi connectivity index (χ2v) is 8.79. The van der Waals surface area contributed by atoms with Gasteiger partial charge in [0.1, 0.15) is 11.5 Å². The van der Waals surface area contributed by atoms with E-state index < -0.39 is 0 Å². The van der Waals surface area contributed by atoms with Gasteiger partial charge in [0.15, 0.2) is 0 Å². The molecule has 1 aliphatic heterocycles. The maximum absolute atomic E-state index is 13.3. The third-order valence-corrected chi connectivity index (χ3v) is 6.24. The minimum atomic E-state index is -0.340. The van der Waals surface area contributed by atoms with Crippen LogP contribution in [0.5, 0.6) is 11.5 Å². The standard InChI is InChI=1S/C27H28ClN3O4/c1-18-8-10-19(11-9-18)17-30-12-5-13-31(27(30)33)21-7-4-6-20(14-21)26(32)29-23-15-22(28)24(34-2)16-25(23)35-3/h4,6-11,14-16H,5,12-13,17H2,1-3H3,(H,29,32). The molecule has 1 saturated heterocycles. The van der Waals surface area contributed by atoms with Crippen molar-refractivity contribution < 1.29 is 19.1 Å². The lowest BCUT2D eigenvalue weighted by Crippen LogP contribution is -2.49. The molecule has 3 aromatic rings. The Morgan fingerprint density at radius 2 is 1.74 bits per heavy atom. The third-order valence-electron chi connectivity index (χ3n) is 5.95. The van der Waals surface area contributed by atoms with E-state index in [1.807, 2.05) is 30.0 Å². The van der Waals surface area contributed by atoms with Crippen LogP contribution in [0.1, 0.15) is 27.9 Å². The molecule has 182 valence electrons. The Bertz CT molecular complexity index is 1230. The van der Waals surface area contributed by atoms with Crippen molar-refractivity contribution in [3.8, 4) is 11.5 Å². The fourth-order valence-electron chi connectivity index (χ4n) is 4.05. The largest absolute Gasteiger partial charge is 0.495 e. The number of carbonyl (C=O) groups excluding carboxylic acids is 2. The van der Waals surface area contributed by atoms with Gasteiger partial charge in [0.25, 0.3) is 5.91 Å². The van der Waals surface area contributed by atoms with E-state index in [1.165, 1.54) is 19.8 Å². The quantitative estimate of drug-likeness (QED) is 0.455. The normalized spacial score (nSPS) is 13.5. The molecule has 0 bridgehead atoms. The molecule has 7 nitrogen and oxygen atoms in total. The van der Waals surface area contributed by atoms with Gasteiger partial charge in [0, 0.05) is 37.0 Å². The summed E-state index contributed by atoms with van der Waals surface area (Å²) in [7, 11) is 3.01. The maximum Gasteiger partial charge on any atom is 0.324 e. The number of rotatable bonds is 7. The van der Waals surface area contributed by atoms with Crippen molar-refractivity contribution in [2.75, 3.05) is 37.5 Å². The summed E-state index contributed by atoms with van der Waals surface area (Å²) in [6.45, 7) is 3.88. The Labute approximate surface area is 210 Å². The molecule has 0 unspecified atom stereocenters. The molecular weight excluding hydrogens is 466 g/mol. The van der Waals surface area contributed by atoms with Crippen LogP contribution in [-0.2, 0) is 6.54 Å². The number of hydrogen-bond donors (Lipinski definition) is 1. The van der Waals surface area contributed by atoms with Crippen LogP contribution in [0.2, 0.25) is 5.02 Å². The number of nitrogens with zero attached hydrogens (tertiary/aromatic N) is 2. The van der Waals surface area contributed by atoms with Gasteiger partial charge in [-0.2, -0.15) is 0 Å². The van der Waals surface area contributed by atoms with E-state index in [9.17, 15) is 9.59 Å². The number of methoxy groups -OCH3 is 2. The summed E-state index contributed by atoms with van der Waals surface area (Å²) in [5.74, 6) is 0.531. The van der Waals surface area contributed by atoms with Crippen molar-refractivity contribution in [2.24, 2.45) is 0 Å². The van der Waals surface area contributed by atoms with Gasteiger partial charge in [-0.3, -0.25) is 9.69 Å². The van der Waals surface area contributed by atoms with Crippen molar-refractivity contribution in [1.82, 2.24) is 4.90 Å². The number of amides is 3. The van der Waals surface area contributed by atoms with E-state index in [4.69, 9.17) is 21.1 Å². The molecule has 0 spiro atoms. The number of carbonyl (C=O) groups is 2. The van der Waals surface area contributed by atoms with Crippen LogP contribution in [0.4, 0.5) is 16.2 Å². The first kappa shape index (κ1) is 24.4. The number of ether oxygens (including phenoxy) is 2. The Hall–Kier alpha value is -3.71. The number of hydrogen-bond acceptors (Lipinski definition) is 4. The van der Waals surface area contributed by atoms with Crippen molar-refractivity contribution in [3.05, 3.63) is 82.4 Å². The summed E-state index contributed by atoms with van der Waals surface area (Å²) in [6, 6.07) is 18.4. The van der Waals surface area contributed by atoms with Crippen molar-refractivity contribution >= 4 is 34.9 Å². The van der Waals surface area contributed by atoms with E-state index in [0.717, 1.165) is 12.0 Å². The van der Waals surface area contributed by atoms with Crippen LogP contribution in [-0.4, -0.2) is 44.1 Å². The van der Waals surface area contributed by atoms with Gasteiger partial charge >= 0.3 is 6.03 Å². The van der Waals surface area contributed by atoms with Gasteiger partial charge in [-0.25, -0.2) is 4.79 Å². The summed E-state index contributed by atoms with van der Waals surface area (Å²) < 4.78 is 10.6. The second-order valence-electron chi connectivity index (χ2n) is 8.39. The average molecular weight is 494 g/mol. The van der Waals surface area contributed by atoms with Crippen molar-refractivity contribution in [1.29, 1.82) is 0 Å². The van der Waals surface area contributed by atoms with Gasteiger partial charge in [-0.15, -0.1) is 0 Å². The van der Waals surface area contributed by atoms with Gasteiger partial charge in [-0.1, -0.05) is 47.5 Å². The minimum Gasteiger partial charge on any atom is -0.495 e. The van der Waals surface area contributed by atoms with Gasteiger partial charge in [-0.05, 0) is 43.2 Å². The minimum absolute atomic E-state index is 0.0713. The summed E-state index contributed by atoms with van der Waals surface area (Å²) in [5.41, 5.74) is 3.79. The molecule has 0 aliphatic carbocycles. The molecule has 35 heavy (non-hydrogen) atoms. The Morgan fingerprint density at radius 3 is 2.46 bits per heavy atom.